The van der Waals surface area contributed by atoms with Gasteiger partial charge in [0.15, 0.2) is 0 Å². The number of aromatic nitrogens is 4. The van der Waals surface area contributed by atoms with Gasteiger partial charge in [0.05, 0.1) is 33.3 Å². The maximum atomic E-state index is 5.26. The molecule has 3 aromatic heterocycles. The fraction of sp³-hybridized carbons (Fsp3) is 0.0833. The zero-order valence-electron chi connectivity index (χ0n) is 29.4. The second-order valence-electron chi connectivity index (χ2n) is 14.7. The van der Waals surface area contributed by atoms with Gasteiger partial charge in [-0.1, -0.05) is 136 Å². The quantitative estimate of drug-likeness (QED) is 0.187. The number of hydrogen-bond donors (Lipinski definition) is 0. The van der Waals surface area contributed by atoms with Crippen molar-refractivity contribution >= 4 is 54.5 Å². The molecule has 0 aliphatic carbocycles. The normalized spacial score (nSPS) is 12.1. The molecule has 0 unspecified atom stereocenters. The van der Waals surface area contributed by atoms with E-state index in [2.05, 4.69) is 182 Å². The molecule has 10 aromatic rings. The second kappa shape index (κ2) is 11.5. The van der Waals surface area contributed by atoms with E-state index in [9.17, 15) is 0 Å². The third kappa shape index (κ3) is 4.75. The highest BCUT2D eigenvalue weighted by Crippen LogP contribution is 2.39. The molecule has 52 heavy (non-hydrogen) atoms. The molecule has 0 spiro atoms. The van der Waals surface area contributed by atoms with Crippen molar-refractivity contribution in [3.8, 4) is 34.0 Å². The summed E-state index contributed by atoms with van der Waals surface area (Å²) in [7, 11) is 0. The summed E-state index contributed by atoms with van der Waals surface area (Å²) in [6, 6.07) is 58.8. The summed E-state index contributed by atoms with van der Waals surface area (Å²) in [4.78, 5) is 10.4. The lowest BCUT2D eigenvalue weighted by atomic mass is 9.87. The molecule has 248 valence electrons. The predicted molar refractivity (Wildman–Crippen MR) is 218 cm³/mol. The third-order valence-electron chi connectivity index (χ3n) is 10.5. The van der Waals surface area contributed by atoms with Crippen LogP contribution in [0, 0.1) is 0 Å². The van der Waals surface area contributed by atoms with Gasteiger partial charge in [-0.25, -0.2) is 9.97 Å². The molecule has 0 saturated heterocycles. The summed E-state index contributed by atoms with van der Waals surface area (Å²) in [6.07, 6.45) is 0. The standard InChI is InChI=1S/C48H36N4/c1-48(2,3)34-23-25-35(26-24-34)51-42-19-11-8-15-36(42)38-27-21-33(30-45(38)51)32-22-28-44-40(29-32)37-16-9-12-20-43(37)52(44)47-49-41-18-10-7-17-39(41)46(50-47)31-13-5-4-6-14-31/h4-30H,1-3H3. The van der Waals surface area contributed by atoms with Crippen molar-refractivity contribution in [3.05, 3.63) is 169 Å². The number of hydrogen-bond acceptors (Lipinski definition) is 2. The Kier molecular flexibility index (Phi) is 6.71. The molecule has 0 aliphatic rings. The lowest BCUT2D eigenvalue weighted by Crippen LogP contribution is -2.10. The first-order valence-corrected chi connectivity index (χ1v) is 17.9. The molecule has 4 heteroatoms. The van der Waals surface area contributed by atoms with E-state index < -0.39 is 0 Å². The molecule has 0 N–H and O–H groups in total. The van der Waals surface area contributed by atoms with Gasteiger partial charge < -0.3 is 4.57 Å². The number of para-hydroxylation sites is 3. The summed E-state index contributed by atoms with van der Waals surface area (Å²) in [6.45, 7) is 6.79. The van der Waals surface area contributed by atoms with E-state index in [0.717, 1.165) is 33.2 Å². The monoisotopic (exact) mass is 668 g/mol. The van der Waals surface area contributed by atoms with E-state index in [0.29, 0.717) is 5.95 Å². The Morgan fingerprint density at radius 1 is 0.404 bits per heavy atom. The molecule has 0 aliphatic heterocycles. The van der Waals surface area contributed by atoms with Crippen LogP contribution in [0.2, 0.25) is 0 Å². The Morgan fingerprint density at radius 2 is 0.981 bits per heavy atom. The van der Waals surface area contributed by atoms with E-state index in [1.165, 1.54) is 55.0 Å². The molecule has 0 bridgehead atoms. The van der Waals surface area contributed by atoms with Crippen molar-refractivity contribution in [3.63, 3.8) is 0 Å². The van der Waals surface area contributed by atoms with E-state index >= 15 is 0 Å². The lowest BCUT2D eigenvalue weighted by molar-refractivity contribution is 0.590. The van der Waals surface area contributed by atoms with E-state index in [4.69, 9.17) is 9.97 Å². The Hall–Kier alpha value is -6.52. The van der Waals surface area contributed by atoms with Crippen LogP contribution in [-0.2, 0) is 5.41 Å². The van der Waals surface area contributed by atoms with Gasteiger partial charge in [-0.2, -0.15) is 0 Å². The lowest BCUT2D eigenvalue weighted by Gasteiger charge is -2.19. The zero-order valence-corrected chi connectivity index (χ0v) is 29.4. The highest BCUT2D eigenvalue weighted by atomic mass is 15.2. The summed E-state index contributed by atoms with van der Waals surface area (Å²) in [5.41, 5.74) is 12.4. The van der Waals surface area contributed by atoms with Gasteiger partial charge in [-0.15, -0.1) is 0 Å². The molecule has 4 nitrogen and oxygen atoms in total. The maximum Gasteiger partial charge on any atom is 0.235 e. The highest BCUT2D eigenvalue weighted by molar-refractivity contribution is 6.12. The van der Waals surface area contributed by atoms with Crippen LogP contribution in [0.4, 0.5) is 0 Å². The van der Waals surface area contributed by atoms with Gasteiger partial charge in [-0.05, 0) is 70.6 Å². The topological polar surface area (TPSA) is 35.6 Å². The summed E-state index contributed by atoms with van der Waals surface area (Å²) in [5, 5.41) is 5.89. The van der Waals surface area contributed by atoms with Crippen LogP contribution in [-0.4, -0.2) is 19.1 Å². The van der Waals surface area contributed by atoms with Crippen molar-refractivity contribution in [2.75, 3.05) is 0 Å². The molecule has 3 heterocycles. The molecule has 7 aromatic carbocycles. The van der Waals surface area contributed by atoms with Crippen LogP contribution >= 0.6 is 0 Å². The Morgan fingerprint density at radius 3 is 1.73 bits per heavy atom. The summed E-state index contributed by atoms with van der Waals surface area (Å²) >= 11 is 0. The first-order valence-electron chi connectivity index (χ1n) is 17.9. The van der Waals surface area contributed by atoms with Gasteiger partial charge in [0, 0.05) is 38.2 Å². The summed E-state index contributed by atoms with van der Waals surface area (Å²) in [5.74, 6) is 0.667. The fourth-order valence-corrected chi connectivity index (χ4v) is 7.89. The van der Waals surface area contributed by atoms with Gasteiger partial charge in [-0.3, -0.25) is 4.57 Å². The van der Waals surface area contributed by atoms with Crippen molar-refractivity contribution in [1.29, 1.82) is 0 Å². The first kappa shape index (κ1) is 30.3. The van der Waals surface area contributed by atoms with Crippen LogP contribution in [0.25, 0.3) is 88.5 Å². The van der Waals surface area contributed by atoms with E-state index in [-0.39, 0.29) is 5.41 Å². The molecule has 0 fully saturated rings. The molecular weight excluding hydrogens is 633 g/mol. The Balaban J connectivity index is 1.16. The average molecular weight is 669 g/mol. The van der Waals surface area contributed by atoms with Crippen molar-refractivity contribution in [2.45, 2.75) is 26.2 Å². The largest absolute Gasteiger partial charge is 0.309 e. The zero-order chi connectivity index (χ0) is 35.0. The van der Waals surface area contributed by atoms with Gasteiger partial charge >= 0.3 is 0 Å². The van der Waals surface area contributed by atoms with E-state index in [1.54, 1.807) is 0 Å². The molecular formula is C48H36N4. The SMILES string of the molecule is CC(C)(C)c1ccc(-n2c3ccccc3c3ccc(-c4ccc5c(c4)c4ccccc4n5-c4nc(-c5ccccc5)c5ccccc5n4)cc32)cc1. The maximum absolute atomic E-state index is 5.26. The van der Waals surface area contributed by atoms with Crippen LogP contribution < -0.4 is 0 Å². The number of fused-ring (bicyclic) bond motifs is 7. The third-order valence-corrected chi connectivity index (χ3v) is 10.5. The first-order chi connectivity index (χ1) is 25.4. The van der Waals surface area contributed by atoms with Gasteiger partial charge in [0.2, 0.25) is 5.95 Å². The van der Waals surface area contributed by atoms with Crippen LogP contribution in [0.3, 0.4) is 0 Å². The fourth-order valence-electron chi connectivity index (χ4n) is 7.89. The Bertz CT molecular complexity index is 2980. The average Bonchev–Trinajstić information content (AvgIpc) is 3.70. The minimum Gasteiger partial charge on any atom is -0.309 e. The summed E-state index contributed by atoms with van der Waals surface area (Å²) < 4.78 is 4.63. The number of nitrogens with zero attached hydrogens (tertiary/aromatic N) is 4. The minimum absolute atomic E-state index is 0.0961. The molecule has 10 rings (SSSR count). The van der Waals surface area contributed by atoms with Crippen molar-refractivity contribution < 1.29 is 0 Å². The number of benzene rings is 7. The predicted octanol–water partition coefficient (Wildman–Crippen LogP) is 12.5. The Labute approximate surface area is 302 Å². The number of rotatable bonds is 4. The van der Waals surface area contributed by atoms with Gasteiger partial charge in [0.1, 0.15) is 0 Å². The second-order valence-corrected chi connectivity index (χ2v) is 14.7. The van der Waals surface area contributed by atoms with Crippen LogP contribution in [0.1, 0.15) is 26.3 Å². The van der Waals surface area contributed by atoms with Crippen molar-refractivity contribution in [2.24, 2.45) is 0 Å². The highest BCUT2D eigenvalue weighted by Gasteiger charge is 2.19. The van der Waals surface area contributed by atoms with Crippen molar-refractivity contribution in [1.82, 2.24) is 19.1 Å². The van der Waals surface area contributed by atoms with Crippen LogP contribution in [0.15, 0.2) is 164 Å². The van der Waals surface area contributed by atoms with Gasteiger partial charge in [0.25, 0.3) is 0 Å². The molecule has 0 amide bonds. The van der Waals surface area contributed by atoms with E-state index in [1.807, 2.05) is 12.1 Å². The smallest absolute Gasteiger partial charge is 0.235 e. The molecule has 0 saturated carbocycles. The molecule has 0 atom stereocenters. The molecule has 0 radical (unpaired) electrons. The minimum atomic E-state index is 0.0961. The van der Waals surface area contributed by atoms with Crippen LogP contribution in [0.5, 0.6) is 0 Å².